The van der Waals surface area contributed by atoms with Crippen LogP contribution in [0.4, 0.5) is 0 Å². The Balaban J connectivity index is 2.02. The van der Waals surface area contributed by atoms with Crippen molar-refractivity contribution >= 4 is 52.0 Å². The Morgan fingerprint density at radius 2 is 1.43 bits per heavy atom. The number of fused-ring (bicyclic) bond motifs is 2. The van der Waals surface area contributed by atoms with Crippen LogP contribution in [0, 0.1) is 0 Å². The summed E-state index contributed by atoms with van der Waals surface area (Å²) in [4.78, 5) is 0. The van der Waals surface area contributed by atoms with Gasteiger partial charge < -0.3 is 0 Å². The SMILES string of the molecule is CCCC/C=C(/C1=Cc2ccccc2/C1=C/[Si](C(C)C)(C(C)C)C(C)C)c1ccc(Br)c2ccccc12. The van der Waals surface area contributed by atoms with E-state index >= 15 is 0 Å². The Morgan fingerprint density at radius 1 is 0.811 bits per heavy atom. The average Bonchev–Trinajstić information content (AvgIpc) is 3.23. The van der Waals surface area contributed by atoms with Crippen molar-refractivity contribution in [2.24, 2.45) is 0 Å². The van der Waals surface area contributed by atoms with Crippen LogP contribution in [0.15, 0.2) is 82.5 Å². The van der Waals surface area contributed by atoms with Gasteiger partial charge in [0.25, 0.3) is 0 Å². The quantitative estimate of drug-likeness (QED) is 0.177. The minimum absolute atomic E-state index is 0.676. The van der Waals surface area contributed by atoms with Crippen LogP contribution in [0.1, 0.15) is 84.4 Å². The molecule has 0 N–H and O–H groups in total. The molecule has 194 valence electrons. The first-order valence-electron chi connectivity index (χ1n) is 14.1. The Kier molecular flexibility index (Phi) is 8.81. The van der Waals surface area contributed by atoms with E-state index in [0.717, 1.165) is 10.9 Å². The van der Waals surface area contributed by atoms with Gasteiger partial charge in [-0.15, -0.1) is 0 Å². The number of unbranched alkanes of at least 4 members (excludes halogenated alkanes) is 2. The summed E-state index contributed by atoms with van der Waals surface area (Å²) in [6, 6.07) is 22.4. The van der Waals surface area contributed by atoms with Crippen molar-refractivity contribution in [1.29, 1.82) is 0 Å². The maximum Gasteiger partial charge on any atom is 0.0861 e. The Bertz CT molecular complexity index is 1330. The fourth-order valence-corrected chi connectivity index (χ4v) is 13.0. The van der Waals surface area contributed by atoms with Crippen LogP contribution >= 0.6 is 15.9 Å². The van der Waals surface area contributed by atoms with Crippen molar-refractivity contribution in [3.05, 3.63) is 99.2 Å². The lowest BCUT2D eigenvalue weighted by Crippen LogP contribution is -2.43. The third-order valence-corrected chi connectivity index (χ3v) is 16.1. The lowest BCUT2D eigenvalue weighted by atomic mass is 9.89. The van der Waals surface area contributed by atoms with Gasteiger partial charge in [-0.3, -0.25) is 0 Å². The molecule has 0 heterocycles. The van der Waals surface area contributed by atoms with Crippen molar-refractivity contribution in [2.45, 2.75) is 84.4 Å². The van der Waals surface area contributed by atoms with E-state index in [2.05, 4.69) is 143 Å². The maximum atomic E-state index is 3.81. The Labute approximate surface area is 234 Å². The monoisotopic (exact) mass is 570 g/mol. The van der Waals surface area contributed by atoms with Crippen molar-refractivity contribution in [3.8, 4) is 0 Å². The zero-order valence-corrected chi connectivity index (χ0v) is 26.3. The number of benzene rings is 3. The van der Waals surface area contributed by atoms with Gasteiger partial charge in [0.05, 0.1) is 8.07 Å². The maximum absolute atomic E-state index is 3.81. The van der Waals surface area contributed by atoms with Crippen LogP contribution < -0.4 is 0 Å². The summed E-state index contributed by atoms with van der Waals surface area (Å²) in [5.41, 5.74) is 13.2. The first kappa shape index (κ1) is 27.9. The fraction of sp³-hybridized carbons (Fsp3) is 0.371. The molecule has 0 amide bonds. The number of allylic oxidation sites excluding steroid dienone is 4. The van der Waals surface area contributed by atoms with Gasteiger partial charge in [-0.25, -0.2) is 0 Å². The van der Waals surface area contributed by atoms with Crippen LogP contribution in [-0.2, 0) is 0 Å². The van der Waals surface area contributed by atoms with E-state index in [1.165, 1.54) is 57.0 Å². The molecule has 0 fully saturated rings. The normalized spacial score (nSPS) is 15.4. The molecule has 0 unspecified atom stereocenters. The summed E-state index contributed by atoms with van der Waals surface area (Å²) in [6.45, 7) is 17.1. The third kappa shape index (κ3) is 5.25. The summed E-state index contributed by atoms with van der Waals surface area (Å²) >= 11 is 3.81. The molecule has 0 saturated carbocycles. The van der Waals surface area contributed by atoms with Gasteiger partial charge in [0, 0.05) is 4.47 Å². The van der Waals surface area contributed by atoms with Crippen LogP contribution in [-0.4, -0.2) is 8.07 Å². The molecule has 37 heavy (non-hydrogen) atoms. The molecule has 0 bridgehead atoms. The Hall–Kier alpha value is -2.16. The molecule has 1 aliphatic rings. The Morgan fingerprint density at radius 3 is 2.08 bits per heavy atom. The van der Waals surface area contributed by atoms with Gasteiger partial charge in [0.2, 0.25) is 0 Å². The molecular weight excluding hydrogens is 528 g/mol. The second kappa shape index (κ2) is 11.7. The van der Waals surface area contributed by atoms with Crippen molar-refractivity contribution in [1.82, 2.24) is 0 Å². The minimum Gasteiger partial charge on any atom is -0.0851 e. The highest BCUT2D eigenvalue weighted by molar-refractivity contribution is 9.10. The lowest BCUT2D eigenvalue weighted by molar-refractivity contribution is 0.815. The topological polar surface area (TPSA) is 0 Å². The van der Waals surface area contributed by atoms with Gasteiger partial charge in [-0.2, -0.15) is 0 Å². The number of hydrogen-bond donors (Lipinski definition) is 0. The molecule has 3 aromatic rings. The smallest absolute Gasteiger partial charge is 0.0851 e. The standard InChI is InChI=1S/C35H43BrSi/c1-8-9-10-17-30(31-20-21-35(36)32-19-14-13-18-29(31)32)33-22-27-15-11-12-16-28(27)34(33)23-37(24(2)3,25(4)5)26(6)7/h11-26H,8-10H2,1-7H3/b30-17+,34-23-. The second-order valence-corrected chi connectivity index (χ2v) is 18.2. The molecule has 4 rings (SSSR count). The molecule has 0 nitrogen and oxygen atoms in total. The molecule has 1 aliphatic carbocycles. The van der Waals surface area contributed by atoms with E-state index in [0.29, 0.717) is 16.6 Å². The summed E-state index contributed by atoms with van der Waals surface area (Å²) in [7, 11) is -1.79. The summed E-state index contributed by atoms with van der Waals surface area (Å²) in [5, 5.41) is 2.59. The van der Waals surface area contributed by atoms with Gasteiger partial charge in [0.15, 0.2) is 0 Å². The van der Waals surface area contributed by atoms with E-state index in [1.54, 1.807) is 0 Å². The summed E-state index contributed by atoms with van der Waals surface area (Å²) in [5.74, 6) is 0. The number of hydrogen-bond acceptors (Lipinski definition) is 0. The van der Waals surface area contributed by atoms with Crippen molar-refractivity contribution in [2.75, 3.05) is 0 Å². The predicted molar refractivity (Wildman–Crippen MR) is 173 cm³/mol. The van der Waals surface area contributed by atoms with Gasteiger partial charge in [-0.05, 0) is 79.4 Å². The van der Waals surface area contributed by atoms with Gasteiger partial charge in [0.1, 0.15) is 0 Å². The zero-order valence-electron chi connectivity index (χ0n) is 23.7. The van der Waals surface area contributed by atoms with Gasteiger partial charge >= 0.3 is 0 Å². The molecule has 0 aromatic heterocycles. The molecule has 0 radical (unpaired) electrons. The summed E-state index contributed by atoms with van der Waals surface area (Å²) < 4.78 is 1.16. The molecule has 0 spiro atoms. The van der Waals surface area contributed by atoms with Crippen molar-refractivity contribution in [3.63, 3.8) is 0 Å². The minimum atomic E-state index is -1.79. The molecule has 0 atom stereocenters. The average molecular weight is 572 g/mol. The molecule has 0 saturated heterocycles. The van der Waals surface area contributed by atoms with Crippen molar-refractivity contribution < 1.29 is 0 Å². The third-order valence-electron chi connectivity index (χ3n) is 8.59. The van der Waals surface area contributed by atoms with Crippen LogP contribution in [0.5, 0.6) is 0 Å². The highest BCUT2D eigenvalue weighted by Crippen LogP contribution is 2.50. The van der Waals surface area contributed by atoms with E-state index in [-0.39, 0.29) is 0 Å². The van der Waals surface area contributed by atoms with E-state index in [1.807, 2.05) is 0 Å². The van der Waals surface area contributed by atoms with E-state index in [4.69, 9.17) is 0 Å². The fourth-order valence-electron chi connectivity index (χ4n) is 6.69. The zero-order chi connectivity index (χ0) is 26.7. The van der Waals surface area contributed by atoms with E-state index in [9.17, 15) is 0 Å². The second-order valence-electron chi connectivity index (χ2n) is 11.6. The molecular formula is C35H43BrSi. The highest BCUT2D eigenvalue weighted by atomic mass is 79.9. The molecule has 3 aromatic carbocycles. The lowest BCUT2D eigenvalue weighted by Gasteiger charge is -2.41. The van der Waals surface area contributed by atoms with Crippen LogP contribution in [0.25, 0.3) is 28.0 Å². The van der Waals surface area contributed by atoms with Gasteiger partial charge in [-0.1, -0.05) is 144 Å². The van der Waals surface area contributed by atoms with E-state index < -0.39 is 8.07 Å². The molecule has 0 aliphatic heterocycles. The molecule has 2 heteroatoms. The largest absolute Gasteiger partial charge is 0.0861 e. The highest BCUT2D eigenvalue weighted by Gasteiger charge is 2.42. The van der Waals surface area contributed by atoms with Crippen LogP contribution in [0.2, 0.25) is 16.6 Å². The first-order valence-corrected chi connectivity index (χ1v) is 17.2. The predicted octanol–water partition coefficient (Wildman–Crippen LogP) is 11.9. The van der Waals surface area contributed by atoms with Crippen LogP contribution in [0.3, 0.4) is 0 Å². The number of halogens is 1. The number of rotatable bonds is 9. The first-order chi connectivity index (χ1) is 17.7. The summed E-state index contributed by atoms with van der Waals surface area (Å²) in [6.07, 6.45) is 8.50.